The summed E-state index contributed by atoms with van der Waals surface area (Å²) in [6, 6.07) is 0.463. The van der Waals surface area contributed by atoms with Crippen LogP contribution in [0.4, 0.5) is 28.5 Å². The van der Waals surface area contributed by atoms with E-state index in [2.05, 4.69) is 24.9 Å². The molecule has 5 heterocycles. The van der Waals surface area contributed by atoms with Gasteiger partial charge < -0.3 is 20.3 Å². The van der Waals surface area contributed by atoms with Crippen molar-refractivity contribution in [2.24, 2.45) is 0 Å². The van der Waals surface area contributed by atoms with Crippen LogP contribution in [0.15, 0.2) is 29.7 Å². The molecule has 6 rings (SSSR count). The van der Waals surface area contributed by atoms with Crippen molar-refractivity contribution in [2.75, 3.05) is 43.9 Å². The topological polar surface area (TPSA) is 123 Å². The molecule has 1 saturated heterocycles. The number of carbonyl (C=O) groups excluding carboxylic acids is 1. The molecule has 1 fully saturated rings. The van der Waals surface area contributed by atoms with Gasteiger partial charge in [0.2, 0.25) is 0 Å². The molecule has 16 heteroatoms. The van der Waals surface area contributed by atoms with Gasteiger partial charge in [0, 0.05) is 56.1 Å². The molecule has 1 aromatic carbocycles. The van der Waals surface area contributed by atoms with E-state index in [0.717, 1.165) is 17.4 Å². The highest BCUT2D eigenvalue weighted by Gasteiger charge is 2.29. The highest BCUT2D eigenvalue weighted by atomic mass is 32.1. The number of nitrogens with two attached hydrogens (primary N) is 1. The average Bonchev–Trinajstić information content (AvgIpc) is 3.63. The Hall–Kier alpha value is -4.44. The lowest BCUT2D eigenvalue weighted by Gasteiger charge is -2.35. The summed E-state index contributed by atoms with van der Waals surface area (Å²) < 4.78 is 65.0. The number of rotatable bonds is 5. The molecule has 1 aliphatic rings. The number of pyridine rings is 1. The number of amides is 1. The van der Waals surface area contributed by atoms with Gasteiger partial charge in [-0.2, -0.15) is 9.97 Å². The van der Waals surface area contributed by atoms with Gasteiger partial charge in [-0.1, -0.05) is 11.3 Å². The number of piperazine rings is 1. The molecule has 0 unspecified atom stereocenters. The number of methoxy groups -OCH3 is 1. The van der Waals surface area contributed by atoms with Crippen LogP contribution in [0.1, 0.15) is 5.01 Å². The second kappa shape index (κ2) is 10.5. The number of fused-ring (bicyclic) bond motifs is 2. The number of ether oxygens (including phenoxy) is 1. The average molecular weight is 603 g/mol. The third-order valence-corrected chi connectivity index (χ3v) is 8.04. The Labute approximate surface area is 236 Å². The summed E-state index contributed by atoms with van der Waals surface area (Å²) in [5.41, 5.74) is 4.55. The molecule has 2 N–H and O–H groups in total. The summed E-state index contributed by atoms with van der Waals surface area (Å²) in [4.78, 5) is 36.3. The molecule has 0 spiro atoms. The molecule has 4 aromatic heterocycles. The first-order valence-corrected chi connectivity index (χ1v) is 13.7. The molecule has 5 aromatic rings. The van der Waals surface area contributed by atoms with Crippen LogP contribution in [-0.4, -0.2) is 69.0 Å². The minimum atomic E-state index is -1.07. The van der Waals surface area contributed by atoms with Crippen molar-refractivity contribution in [3.63, 3.8) is 0 Å². The van der Waals surface area contributed by atoms with Crippen molar-refractivity contribution >= 4 is 66.7 Å². The predicted molar refractivity (Wildman–Crippen MR) is 147 cm³/mol. The minimum absolute atomic E-state index is 0.0191. The van der Waals surface area contributed by atoms with Gasteiger partial charge in [-0.3, -0.25) is 9.78 Å². The van der Waals surface area contributed by atoms with Gasteiger partial charge in [-0.25, -0.2) is 27.5 Å². The van der Waals surface area contributed by atoms with Gasteiger partial charge in [-0.15, -0.1) is 11.3 Å². The first kappa shape index (κ1) is 26.8. The van der Waals surface area contributed by atoms with Gasteiger partial charge in [0.05, 0.1) is 28.3 Å². The number of carbonyl (C=O) groups is 1. The number of nitrogens with zero attached hydrogens (tertiary/aromatic N) is 7. The largest absolute Gasteiger partial charge is 0.467 e. The third-order valence-electron chi connectivity index (χ3n) is 6.42. The molecule has 10 nitrogen and oxygen atoms in total. The molecule has 0 saturated carbocycles. The van der Waals surface area contributed by atoms with Crippen LogP contribution in [0, 0.1) is 17.5 Å². The van der Waals surface area contributed by atoms with E-state index >= 15 is 4.39 Å². The molecule has 1 amide bonds. The molecule has 41 heavy (non-hydrogen) atoms. The first-order chi connectivity index (χ1) is 19.7. The summed E-state index contributed by atoms with van der Waals surface area (Å²) in [7, 11) is 1.31. The number of anilines is 2. The zero-order valence-electron chi connectivity index (χ0n) is 21.1. The maximum absolute atomic E-state index is 16.0. The zero-order valence-corrected chi connectivity index (χ0v) is 22.7. The second-order valence-corrected chi connectivity index (χ2v) is 10.8. The van der Waals surface area contributed by atoms with Crippen molar-refractivity contribution < 1.29 is 27.1 Å². The fraction of sp³-hybridized carbons (Fsp3) is 0.200. The fourth-order valence-corrected chi connectivity index (χ4v) is 5.83. The van der Waals surface area contributed by atoms with Crippen molar-refractivity contribution in [1.29, 1.82) is 0 Å². The predicted octanol–water partition coefficient (Wildman–Crippen LogP) is 4.43. The van der Waals surface area contributed by atoms with Crippen LogP contribution >= 0.6 is 22.7 Å². The lowest BCUT2D eigenvalue weighted by molar-refractivity contribution is -0.128. The summed E-state index contributed by atoms with van der Waals surface area (Å²) in [6.45, 7) is 0.786. The Bertz CT molecular complexity index is 1840. The number of aromatic nitrogens is 5. The van der Waals surface area contributed by atoms with Gasteiger partial charge in [0.15, 0.2) is 16.8 Å². The molecule has 0 atom stereocenters. The van der Waals surface area contributed by atoms with Crippen LogP contribution in [0.5, 0.6) is 6.01 Å². The van der Waals surface area contributed by atoms with Crippen LogP contribution in [0.3, 0.4) is 0 Å². The summed E-state index contributed by atoms with van der Waals surface area (Å²) in [5.74, 6) is -4.37. The third kappa shape index (κ3) is 4.78. The quantitative estimate of drug-likeness (QED) is 0.230. The number of nitrogen functional groups attached to an aromatic ring is 1. The lowest BCUT2D eigenvalue weighted by Crippen LogP contribution is -2.49. The van der Waals surface area contributed by atoms with E-state index in [-0.39, 0.29) is 69.8 Å². The van der Waals surface area contributed by atoms with E-state index in [0.29, 0.717) is 11.1 Å². The van der Waals surface area contributed by atoms with Crippen molar-refractivity contribution in [3.05, 3.63) is 52.1 Å². The number of benzene rings is 1. The lowest BCUT2D eigenvalue weighted by atomic mass is 10.1. The molecule has 0 bridgehead atoms. The van der Waals surface area contributed by atoms with Crippen molar-refractivity contribution in [3.8, 4) is 17.3 Å². The van der Waals surface area contributed by atoms with E-state index in [9.17, 15) is 18.0 Å². The summed E-state index contributed by atoms with van der Waals surface area (Å²) in [6.07, 6.45) is 3.88. The number of hydrogen-bond acceptors (Lipinski definition) is 11. The Morgan fingerprint density at radius 1 is 1.07 bits per heavy atom. The first-order valence-electron chi connectivity index (χ1n) is 12.0. The standard InChI is InChI=1S/C25H18F4N8O2S2/c1-39-25-34-18-11(10-32-19(17(18)29)16-12(26)8-13(27)21-20(16)33-24(30)41-21)22(35-25)36-3-5-37(6-4-36)23(38)14(28)9-15-31-2-7-40-15/h2,7-10H,3-6H2,1H3,(H2,30,33)/b14-9-. The molecule has 1 aliphatic heterocycles. The van der Waals surface area contributed by atoms with Crippen LogP contribution in [0.2, 0.25) is 0 Å². The Morgan fingerprint density at radius 2 is 1.85 bits per heavy atom. The fourth-order valence-electron chi connectivity index (χ4n) is 4.53. The van der Waals surface area contributed by atoms with Crippen LogP contribution < -0.4 is 15.4 Å². The molecule has 210 valence electrons. The molecular weight excluding hydrogens is 584 g/mol. The van der Waals surface area contributed by atoms with Gasteiger partial charge in [-0.05, 0) is 0 Å². The normalized spacial score (nSPS) is 14.3. The Morgan fingerprint density at radius 3 is 2.56 bits per heavy atom. The summed E-state index contributed by atoms with van der Waals surface area (Å²) >= 11 is 2.01. The van der Waals surface area contributed by atoms with Crippen molar-refractivity contribution in [2.45, 2.75) is 0 Å². The van der Waals surface area contributed by atoms with Crippen molar-refractivity contribution in [1.82, 2.24) is 29.8 Å². The minimum Gasteiger partial charge on any atom is -0.467 e. The maximum Gasteiger partial charge on any atom is 0.318 e. The highest BCUT2D eigenvalue weighted by molar-refractivity contribution is 7.22. The van der Waals surface area contributed by atoms with Gasteiger partial charge >= 0.3 is 6.01 Å². The number of thiazole rings is 2. The number of hydrogen-bond donors (Lipinski definition) is 1. The van der Waals surface area contributed by atoms with Gasteiger partial charge in [0.25, 0.3) is 5.91 Å². The summed E-state index contributed by atoms with van der Waals surface area (Å²) in [5, 5.41) is 2.23. The second-order valence-electron chi connectivity index (χ2n) is 8.80. The Balaban J connectivity index is 1.34. The zero-order chi connectivity index (χ0) is 28.8. The van der Waals surface area contributed by atoms with Gasteiger partial charge in [0.1, 0.15) is 33.7 Å². The number of halogens is 4. The SMILES string of the molecule is COc1nc(N2CCN(C(=O)/C(F)=C/c3nccs3)CC2)c2cnc(-c3c(F)cc(F)c4sc(N)nc34)c(F)c2n1. The highest BCUT2D eigenvalue weighted by Crippen LogP contribution is 2.39. The van der Waals surface area contributed by atoms with E-state index in [1.807, 2.05) is 0 Å². The van der Waals surface area contributed by atoms with Crippen LogP contribution in [-0.2, 0) is 4.79 Å². The smallest absolute Gasteiger partial charge is 0.318 e. The molecule has 0 aliphatic carbocycles. The Kier molecular flexibility index (Phi) is 6.86. The maximum atomic E-state index is 16.0. The molecular formula is C25H18F4N8O2S2. The van der Waals surface area contributed by atoms with E-state index in [1.165, 1.54) is 35.7 Å². The molecule has 0 radical (unpaired) electrons. The van der Waals surface area contributed by atoms with E-state index < -0.39 is 34.9 Å². The van der Waals surface area contributed by atoms with E-state index in [1.54, 1.807) is 10.3 Å². The van der Waals surface area contributed by atoms with E-state index in [4.69, 9.17) is 10.5 Å². The van der Waals surface area contributed by atoms with Crippen LogP contribution in [0.25, 0.3) is 38.5 Å². The monoisotopic (exact) mass is 602 g/mol.